The van der Waals surface area contributed by atoms with Crippen LogP contribution in [0.2, 0.25) is 0 Å². The molecule has 0 bridgehead atoms. The number of para-hydroxylation sites is 1. The second-order valence-electron chi connectivity index (χ2n) is 6.43. The Morgan fingerprint density at radius 1 is 0.808 bits per heavy atom. The van der Waals surface area contributed by atoms with Crippen LogP contribution in [0.15, 0.2) is 85.1 Å². The van der Waals surface area contributed by atoms with Gasteiger partial charge in [-0.2, -0.15) is 0 Å². The van der Waals surface area contributed by atoms with Crippen LogP contribution in [0.3, 0.4) is 0 Å². The number of carboxylic acids is 1. The lowest BCUT2D eigenvalue weighted by molar-refractivity contribution is -0.136. The van der Waals surface area contributed by atoms with Gasteiger partial charge in [0.1, 0.15) is 0 Å². The number of carboxylic acid groups (broad SMARTS) is 1. The molecule has 0 spiro atoms. The summed E-state index contributed by atoms with van der Waals surface area (Å²) >= 11 is 0. The molecule has 0 aliphatic rings. The molecule has 0 unspecified atom stereocenters. The van der Waals surface area contributed by atoms with Crippen molar-refractivity contribution in [3.63, 3.8) is 0 Å². The van der Waals surface area contributed by atoms with Crippen molar-refractivity contribution < 1.29 is 9.90 Å². The van der Waals surface area contributed by atoms with Crippen LogP contribution in [0.4, 0.5) is 0 Å². The summed E-state index contributed by atoms with van der Waals surface area (Å²) in [6, 6.07) is 26.8. The number of nitrogens with zero attached hydrogens (tertiary/aromatic N) is 1. The molecule has 1 heterocycles. The van der Waals surface area contributed by atoms with E-state index in [2.05, 4.69) is 41.0 Å². The van der Waals surface area contributed by atoms with Gasteiger partial charge in [-0.15, -0.1) is 0 Å². The number of carbonyl (C=O) groups is 1. The van der Waals surface area contributed by atoms with Crippen LogP contribution in [0.5, 0.6) is 0 Å². The predicted molar refractivity (Wildman–Crippen MR) is 104 cm³/mol. The Bertz CT molecular complexity index is 1050. The van der Waals surface area contributed by atoms with Crippen molar-refractivity contribution in [2.45, 2.75) is 13.0 Å². The molecule has 26 heavy (non-hydrogen) atoms. The zero-order valence-electron chi connectivity index (χ0n) is 14.3. The first kappa shape index (κ1) is 16.2. The molecular weight excluding hydrogens is 322 g/mol. The van der Waals surface area contributed by atoms with Gasteiger partial charge in [0.2, 0.25) is 0 Å². The summed E-state index contributed by atoms with van der Waals surface area (Å²) in [5, 5.41) is 10.2. The molecule has 1 aromatic heterocycles. The van der Waals surface area contributed by atoms with Gasteiger partial charge in [-0.3, -0.25) is 4.79 Å². The van der Waals surface area contributed by atoms with Crippen LogP contribution in [0.25, 0.3) is 22.0 Å². The highest BCUT2D eigenvalue weighted by molar-refractivity contribution is 5.87. The van der Waals surface area contributed by atoms with E-state index in [0.29, 0.717) is 0 Å². The van der Waals surface area contributed by atoms with Crippen molar-refractivity contribution >= 4 is 16.9 Å². The number of aromatic nitrogens is 1. The Labute approximate surface area is 152 Å². The molecule has 128 valence electrons. The zero-order valence-corrected chi connectivity index (χ0v) is 14.3. The SMILES string of the molecule is O=C(O)Cc1cn(Cc2ccc(-c3ccccc3)cc2)c2ccccc12. The van der Waals surface area contributed by atoms with Crippen molar-refractivity contribution in [3.8, 4) is 11.1 Å². The van der Waals surface area contributed by atoms with Crippen LogP contribution in [0, 0.1) is 0 Å². The van der Waals surface area contributed by atoms with Crippen molar-refractivity contribution in [2.24, 2.45) is 0 Å². The third-order valence-electron chi connectivity index (χ3n) is 4.63. The van der Waals surface area contributed by atoms with E-state index in [0.717, 1.165) is 23.0 Å². The summed E-state index contributed by atoms with van der Waals surface area (Å²) in [6.45, 7) is 0.717. The number of benzene rings is 3. The van der Waals surface area contributed by atoms with Gasteiger partial charge in [0.15, 0.2) is 0 Å². The van der Waals surface area contributed by atoms with E-state index in [9.17, 15) is 4.79 Å². The van der Waals surface area contributed by atoms with Gasteiger partial charge in [0.25, 0.3) is 0 Å². The van der Waals surface area contributed by atoms with Crippen molar-refractivity contribution in [3.05, 3.63) is 96.2 Å². The summed E-state index contributed by atoms with van der Waals surface area (Å²) in [6.07, 6.45) is 2.00. The van der Waals surface area contributed by atoms with E-state index in [-0.39, 0.29) is 6.42 Å². The van der Waals surface area contributed by atoms with Gasteiger partial charge in [-0.25, -0.2) is 0 Å². The Kier molecular flexibility index (Phi) is 4.28. The van der Waals surface area contributed by atoms with E-state index in [1.54, 1.807) is 0 Å². The molecule has 3 aromatic carbocycles. The third-order valence-corrected chi connectivity index (χ3v) is 4.63. The quantitative estimate of drug-likeness (QED) is 0.556. The summed E-state index contributed by atoms with van der Waals surface area (Å²) in [7, 11) is 0. The second kappa shape index (κ2) is 6.89. The van der Waals surface area contributed by atoms with Gasteiger partial charge in [0.05, 0.1) is 6.42 Å². The maximum Gasteiger partial charge on any atom is 0.307 e. The van der Waals surface area contributed by atoms with Crippen LogP contribution in [-0.2, 0) is 17.8 Å². The van der Waals surface area contributed by atoms with Crippen LogP contribution < -0.4 is 0 Å². The molecule has 4 rings (SSSR count). The molecule has 4 aromatic rings. The van der Waals surface area contributed by atoms with Crippen LogP contribution in [0.1, 0.15) is 11.1 Å². The van der Waals surface area contributed by atoms with Gasteiger partial charge >= 0.3 is 5.97 Å². The number of hydrogen-bond acceptors (Lipinski definition) is 1. The molecule has 3 nitrogen and oxygen atoms in total. The fourth-order valence-electron chi connectivity index (χ4n) is 3.39. The average molecular weight is 341 g/mol. The summed E-state index contributed by atoms with van der Waals surface area (Å²) in [4.78, 5) is 11.1. The normalized spacial score (nSPS) is 10.9. The fraction of sp³-hybridized carbons (Fsp3) is 0.0870. The van der Waals surface area contributed by atoms with Crippen molar-refractivity contribution in [2.75, 3.05) is 0 Å². The molecule has 0 aliphatic heterocycles. The minimum Gasteiger partial charge on any atom is -0.481 e. The molecule has 0 saturated heterocycles. The standard InChI is InChI=1S/C23H19NO2/c25-23(26)14-20-16-24(22-9-5-4-8-21(20)22)15-17-10-12-19(13-11-17)18-6-2-1-3-7-18/h1-13,16H,14-15H2,(H,25,26). The third kappa shape index (κ3) is 3.24. The maximum absolute atomic E-state index is 11.1. The molecule has 3 heteroatoms. The average Bonchev–Trinajstić information content (AvgIpc) is 3.00. The lowest BCUT2D eigenvalue weighted by atomic mass is 10.0. The lowest BCUT2D eigenvalue weighted by Gasteiger charge is -2.07. The van der Waals surface area contributed by atoms with Crippen LogP contribution in [-0.4, -0.2) is 15.6 Å². The van der Waals surface area contributed by atoms with Gasteiger partial charge in [0, 0.05) is 23.6 Å². The first-order valence-electron chi connectivity index (χ1n) is 8.63. The number of rotatable bonds is 5. The predicted octanol–water partition coefficient (Wildman–Crippen LogP) is 4.98. The van der Waals surface area contributed by atoms with Gasteiger partial charge in [-0.1, -0.05) is 72.8 Å². The minimum atomic E-state index is -0.805. The molecule has 0 aliphatic carbocycles. The number of aliphatic carboxylic acids is 1. The number of fused-ring (bicyclic) bond motifs is 1. The van der Waals surface area contributed by atoms with E-state index < -0.39 is 5.97 Å². The van der Waals surface area contributed by atoms with Gasteiger partial charge < -0.3 is 9.67 Å². The Morgan fingerprint density at radius 3 is 2.19 bits per heavy atom. The van der Waals surface area contributed by atoms with E-state index in [1.165, 1.54) is 16.7 Å². The maximum atomic E-state index is 11.1. The highest BCUT2D eigenvalue weighted by atomic mass is 16.4. The summed E-state index contributed by atoms with van der Waals surface area (Å²) in [5.74, 6) is -0.805. The molecule has 0 amide bonds. The molecule has 0 atom stereocenters. The first-order valence-corrected chi connectivity index (χ1v) is 8.63. The Morgan fingerprint density at radius 2 is 1.46 bits per heavy atom. The zero-order chi connectivity index (χ0) is 17.9. The Hall–Kier alpha value is -3.33. The summed E-state index contributed by atoms with van der Waals surface area (Å²) in [5.41, 5.74) is 5.50. The lowest BCUT2D eigenvalue weighted by Crippen LogP contribution is -2.00. The monoisotopic (exact) mass is 341 g/mol. The highest BCUT2D eigenvalue weighted by Gasteiger charge is 2.11. The van der Waals surface area contributed by atoms with E-state index in [1.807, 2.05) is 48.7 Å². The topological polar surface area (TPSA) is 42.2 Å². The Balaban J connectivity index is 1.64. The smallest absolute Gasteiger partial charge is 0.307 e. The van der Waals surface area contributed by atoms with Crippen molar-refractivity contribution in [1.82, 2.24) is 4.57 Å². The number of hydrogen-bond donors (Lipinski definition) is 1. The molecule has 1 N–H and O–H groups in total. The van der Waals surface area contributed by atoms with E-state index >= 15 is 0 Å². The van der Waals surface area contributed by atoms with E-state index in [4.69, 9.17) is 5.11 Å². The molecule has 0 saturated carbocycles. The molecular formula is C23H19NO2. The minimum absolute atomic E-state index is 0.0421. The first-order chi connectivity index (χ1) is 12.7. The molecule has 0 fully saturated rings. The molecule has 0 radical (unpaired) electrons. The second-order valence-corrected chi connectivity index (χ2v) is 6.43. The van der Waals surface area contributed by atoms with Gasteiger partial charge in [-0.05, 0) is 28.3 Å². The van der Waals surface area contributed by atoms with Crippen LogP contribution >= 0.6 is 0 Å². The largest absolute Gasteiger partial charge is 0.481 e. The van der Waals surface area contributed by atoms with Crippen molar-refractivity contribution in [1.29, 1.82) is 0 Å². The summed E-state index contributed by atoms with van der Waals surface area (Å²) < 4.78 is 2.13. The fourth-order valence-corrected chi connectivity index (χ4v) is 3.39. The highest BCUT2D eigenvalue weighted by Crippen LogP contribution is 2.24.